The molecular weight excluding hydrogens is 408 g/mol. The summed E-state index contributed by atoms with van der Waals surface area (Å²) in [4.78, 5) is 26.9. The van der Waals surface area contributed by atoms with Crippen molar-refractivity contribution in [1.29, 1.82) is 0 Å². The molecule has 1 aromatic heterocycles. The van der Waals surface area contributed by atoms with Crippen LogP contribution in [0.4, 0.5) is 5.69 Å². The van der Waals surface area contributed by atoms with Crippen LogP contribution in [0.5, 0.6) is 0 Å². The minimum absolute atomic E-state index is 0.225. The van der Waals surface area contributed by atoms with Crippen molar-refractivity contribution in [3.05, 3.63) is 86.7 Å². The van der Waals surface area contributed by atoms with Crippen LogP contribution in [0.2, 0.25) is 0 Å². The van der Waals surface area contributed by atoms with E-state index in [4.69, 9.17) is 0 Å². The van der Waals surface area contributed by atoms with Gasteiger partial charge in [0.25, 0.3) is 5.91 Å². The largest absolute Gasteiger partial charge is 0.344 e. The van der Waals surface area contributed by atoms with E-state index >= 15 is 0 Å². The number of pyridine rings is 1. The predicted molar refractivity (Wildman–Crippen MR) is 136 cm³/mol. The van der Waals surface area contributed by atoms with E-state index in [2.05, 4.69) is 16.0 Å². The summed E-state index contributed by atoms with van der Waals surface area (Å²) >= 11 is 0. The van der Waals surface area contributed by atoms with Gasteiger partial charge in [-0.25, -0.2) is 0 Å². The summed E-state index contributed by atoms with van der Waals surface area (Å²) in [5.41, 5.74) is 6.51. The highest BCUT2D eigenvalue weighted by Crippen LogP contribution is 2.30. The summed E-state index contributed by atoms with van der Waals surface area (Å²) in [5.74, 6) is 0.223. The number of hydrogen-bond acceptors (Lipinski definition) is 2. The maximum atomic E-state index is 13.6. The number of amides is 1. The van der Waals surface area contributed by atoms with Crippen LogP contribution in [0, 0.1) is 33.6 Å². The Bertz CT molecular complexity index is 1230. The molecule has 3 aromatic rings. The maximum absolute atomic E-state index is 13.6. The van der Waals surface area contributed by atoms with Crippen LogP contribution in [0.3, 0.4) is 0 Å². The normalized spacial score (nSPS) is 14.3. The molecule has 33 heavy (non-hydrogen) atoms. The Hall–Kier alpha value is -3.14. The highest BCUT2D eigenvalue weighted by molar-refractivity contribution is 6.08. The standard InChI is InChI=1S/C29H34N2O2/c1-19-10-8-14-24(16-19)28-27(29(33)30-25-15-9-11-20(2)22(25)4)26(32)17-21(3)31(28)18-23-12-6-5-7-13-23/h8-11,14-17,23H,5-7,12-13,18H2,1-4H3,(H,30,33). The molecule has 1 saturated carbocycles. The lowest BCUT2D eigenvalue weighted by molar-refractivity contribution is 0.102. The number of carbonyl (C=O) groups is 1. The highest BCUT2D eigenvalue weighted by Gasteiger charge is 2.24. The van der Waals surface area contributed by atoms with Crippen molar-refractivity contribution < 1.29 is 4.79 Å². The van der Waals surface area contributed by atoms with Gasteiger partial charge in [0.1, 0.15) is 5.56 Å². The molecule has 4 rings (SSSR count). The number of anilines is 1. The lowest BCUT2D eigenvalue weighted by atomic mass is 9.88. The number of carbonyl (C=O) groups excluding carboxylic acids is 1. The van der Waals surface area contributed by atoms with Gasteiger partial charge in [-0.2, -0.15) is 0 Å². The minimum atomic E-state index is -0.345. The lowest BCUT2D eigenvalue weighted by Crippen LogP contribution is -2.28. The molecule has 2 aromatic carbocycles. The first-order chi connectivity index (χ1) is 15.8. The second kappa shape index (κ2) is 9.78. The highest BCUT2D eigenvalue weighted by atomic mass is 16.2. The molecule has 0 radical (unpaired) electrons. The first-order valence-corrected chi connectivity index (χ1v) is 12.0. The number of rotatable bonds is 5. The van der Waals surface area contributed by atoms with Crippen molar-refractivity contribution in [2.24, 2.45) is 5.92 Å². The van der Waals surface area contributed by atoms with Gasteiger partial charge in [-0.15, -0.1) is 0 Å². The third-order valence-electron chi connectivity index (χ3n) is 7.06. The Kier molecular flexibility index (Phi) is 6.83. The third kappa shape index (κ3) is 4.95. The number of aromatic nitrogens is 1. The van der Waals surface area contributed by atoms with Crippen LogP contribution in [0.1, 0.15) is 64.8 Å². The van der Waals surface area contributed by atoms with Gasteiger partial charge in [-0.05, 0) is 75.3 Å². The number of benzene rings is 2. The molecular formula is C29H34N2O2. The summed E-state index contributed by atoms with van der Waals surface area (Å²) in [6.07, 6.45) is 6.20. The molecule has 172 valence electrons. The molecule has 0 atom stereocenters. The number of nitrogens with zero attached hydrogens (tertiary/aromatic N) is 1. The first kappa shape index (κ1) is 23.0. The van der Waals surface area contributed by atoms with Crippen molar-refractivity contribution in [3.63, 3.8) is 0 Å². The zero-order valence-electron chi connectivity index (χ0n) is 20.2. The van der Waals surface area contributed by atoms with Crippen molar-refractivity contribution in [1.82, 2.24) is 4.57 Å². The molecule has 0 bridgehead atoms. The molecule has 1 heterocycles. The molecule has 4 nitrogen and oxygen atoms in total. The van der Waals surface area contributed by atoms with E-state index in [9.17, 15) is 9.59 Å². The SMILES string of the molecule is Cc1cccc(-c2c(C(=O)Nc3cccc(C)c3C)c(=O)cc(C)n2CC2CCCCC2)c1. The molecule has 1 aliphatic carbocycles. The monoisotopic (exact) mass is 442 g/mol. The topological polar surface area (TPSA) is 51.1 Å². The van der Waals surface area contributed by atoms with Gasteiger partial charge < -0.3 is 9.88 Å². The molecule has 0 spiro atoms. The molecule has 0 unspecified atom stereocenters. The van der Waals surface area contributed by atoms with E-state index in [1.54, 1.807) is 6.07 Å². The molecule has 4 heteroatoms. The van der Waals surface area contributed by atoms with Crippen LogP contribution in [0.15, 0.2) is 53.3 Å². The predicted octanol–water partition coefficient (Wildman–Crippen LogP) is 6.58. The van der Waals surface area contributed by atoms with E-state index in [1.165, 1.54) is 32.1 Å². The summed E-state index contributed by atoms with van der Waals surface area (Å²) < 4.78 is 2.21. The van der Waals surface area contributed by atoms with Gasteiger partial charge in [0, 0.05) is 24.0 Å². The van der Waals surface area contributed by atoms with E-state index in [1.807, 2.05) is 64.1 Å². The smallest absolute Gasteiger partial charge is 0.261 e. The summed E-state index contributed by atoms with van der Waals surface area (Å²) in [6, 6.07) is 15.6. The Balaban J connectivity index is 1.86. The van der Waals surface area contributed by atoms with Gasteiger partial charge in [0.15, 0.2) is 5.43 Å². The Morgan fingerprint density at radius 2 is 1.70 bits per heavy atom. The third-order valence-corrected chi connectivity index (χ3v) is 7.06. The van der Waals surface area contributed by atoms with E-state index in [0.29, 0.717) is 5.92 Å². The number of aryl methyl sites for hydroxylation is 3. The quantitative estimate of drug-likeness (QED) is 0.485. The minimum Gasteiger partial charge on any atom is -0.344 e. The summed E-state index contributed by atoms with van der Waals surface area (Å²) in [6.45, 7) is 8.86. The van der Waals surface area contributed by atoms with E-state index in [0.717, 1.165) is 45.9 Å². The first-order valence-electron chi connectivity index (χ1n) is 12.0. The van der Waals surface area contributed by atoms with Gasteiger partial charge in [-0.1, -0.05) is 55.2 Å². The Labute approximate surface area is 196 Å². The van der Waals surface area contributed by atoms with Gasteiger partial charge in [0.2, 0.25) is 0 Å². The second-order valence-electron chi connectivity index (χ2n) is 9.56. The molecule has 0 aliphatic heterocycles. The summed E-state index contributed by atoms with van der Waals surface area (Å²) in [7, 11) is 0. The number of nitrogens with one attached hydrogen (secondary N) is 1. The fourth-order valence-electron chi connectivity index (χ4n) is 5.01. The van der Waals surface area contributed by atoms with Crippen LogP contribution in [-0.4, -0.2) is 10.5 Å². The fourth-order valence-corrected chi connectivity index (χ4v) is 5.01. The summed E-state index contributed by atoms with van der Waals surface area (Å²) in [5, 5.41) is 3.03. The van der Waals surface area contributed by atoms with Gasteiger partial charge >= 0.3 is 0 Å². The fraction of sp³-hybridized carbons (Fsp3) is 0.379. The number of hydrogen-bond donors (Lipinski definition) is 1. The average molecular weight is 443 g/mol. The van der Waals surface area contributed by atoms with Crippen molar-refractivity contribution in [2.45, 2.75) is 66.3 Å². The zero-order valence-corrected chi connectivity index (χ0v) is 20.2. The molecule has 1 fully saturated rings. The van der Waals surface area contributed by atoms with Crippen molar-refractivity contribution in [2.75, 3.05) is 5.32 Å². The van der Waals surface area contributed by atoms with Gasteiger partial charge in [0.05, 0.1) is 5.69 Å². The van der Waals surface area contributed by atoms with Crippen LogP contribution in [-0.2, 0) is 6.54 Å². The zero-order chi connectivity index (χ0) is 23.5. The van der Waals surface area contributed by atoms with Crippen molar-refractivity contribution >= 4 is 11.6 Å². The Morgan fingerprint density at radius 1 is 0.970 bits per heavy atom. The maximum Gasteiger partial charge on any atom is 0.261 e. The Morgan fingerprint density at radius 3 is 2.42 bits per heavy atom. The van der Waals surface area contributed by atoms with E-state index in [-0.39, 0.29) is 16.9 Å². The second-order valence-corrected chi connectivity index (χ2v) is 9.56. The van der Waals surface area contributed by atoms with Crippen LogP contribution >= 0.6 is 0 Å². The molecule has 1 amide bonds. The van der Waals surface area contributed by atoms with Crippen molar-refractivity contribution in [3.8, 4) is 11.3 Å². The van der Waals surface area contributed by atoms with Crippen LogP contribution < -0.4 is 10.7 Å². The molecule has 0 saturated heterocycles. The van der Waals surface area contributed by atoms with Crippen LogP contribution in [0.25, 0.3) is 11.3 Å². The van der Waals surface area contributed by atoms with E-state index < -0.39 is 0 Å². The lowest BCUT2D eigenvalue weighted by Gasteiger charge is -2.27. The van der Waals surface area contributed by atoms with Gasteiger partial charge in [-0.3, -0.25) is 9.59 Å². The average Bonchev–Trinajstić information content (AvgIpc) is 2.79. The molecule has 1 aliphatic rings. The molecule has 1 N–H and O–H groups in total.